The average molecular weight is 678 g/mol. The number of benzene rings is 2. The molecule has 0 spiro atoms. The summed E-state index contributed by atoms with van der Waals surface area (Å²) in [6.07, 6.45) is -4.45. The van der Waals surface area contributed by atoms with Crippen molar-refractivity contribution >= 4 is 29.7 Å². The number of carboxylic acids is 2. The fraction of sp³-hybridized carbons (Fsp3) is 0.485. The van der Waals surface area contributed by atoms with Crippen molar-refractivity contribution in [3.8, 4) is 5.75 Å². The Kier molecular flexibility index (Phi) is 13.4. The van der Waals surface area contributed by atoms with Gasteiger partial charge in [-0.1, -0.05) is 26.0 Å². The first-order valence-electron chi connectivity index (χ1n) is 15.4. The fourth-order valence-corrected chi connectivity index (χ4v) is 5.70. The number of methoxy groups -OCH3 is 1. The van der Waals surface area contributed by atoms with Gasteiger partial charge in [-0.2, -0.15) is 0 Å². The second kappa shape index (κ2) is 17.0. The molecule has 7 N–H and O–H groups in total. The molecule has 0 aliphatic heterocycles. The van der Waals surface area contributed by atoms with Crippen molar-refractivity contribution in [2.24, 2.45) is 17.8 Å². The third-order valence-electron chi connectivity index (χ3n) is 8.26. The Morgan fingerprint density at radius 1 is 0.854 bits per heavy atom. The molecular weight excluding hydrogens is 636 g/mol. The van der Waals surface area contributed by atoms with E-state index in [2.05, 4.69) is 16.0 Å². The first-order chi connectivity index (χ1) is 22.6. The Morgan fingerprint density at radius 3 is 1.92 bits per heavy atom. The molecule has 13 nitrogen and oxygen atoms in total. The number of carboxylic acid groups (broad SMARTS) is 2. The van der Waals surface area contributed by atoms with Crippen molar-refractivity contribution in [1.82, 2.24) is 16.0 Å². The number of carbonyl (C=O) groups is 5. The summed E-state index contributed by atoms with van der Waals surface area (Å²) in [5, 5.41) is 48.2. The van der Waals surface area contributed by atoms with Crippen molar-refractivity contribution in [3.63, 3.8) is 0 Å². The molecule has 262 valence electrons. The lowest BCUT2D eigenvalue weighted by Gasteiger charge is -2.33. The molecule has 2 aromatic rings. The molecule has 48 heavy (non-hydrogen) atoms. The minimum atomic E-state index is -1.71. The van der Waals surface area contributed by atoms with E-state index in [1.54, 1.807) is 13.8 Å². The zero-order valence-electron chi connectivity index (χ0n) is 26.7. The highest BCUT2D eigenvalue weighted by atomic mass is 19.1. The molecule has 6 atom stereocenters. The van der Waals surface area contributed by atoms with E-state index >= 15 is 0 Å². The summed E-state index contributed by atoms with van der Waals surface area (Å²) in [7, 11) is 1.44. The Bertz CT molecular complexity index is 1430. The van der Waals surface area contributed by atoms with Crippen LogP contribution in [0, 0.1) is 29.4 Å². The minimum Gasteiger partial charge on any atom is -0.497 e. The zero-order chi connectivity index (χ0) is 35.7. The maximum atomic E-state index is 13.9. The quantitative estimate of drug-likeness (QED) is 0.145. The number of ether oxygens (including phenoxy) is 1. The summed E-state index contributed by atoms with van der Waals surface area (Å²) in [4.78, 5) is 62.5. The van der Waals surface area contributed by atoms with Crippen molar-refractivity contribution in [2.45, 2.75) is 76.3 Å². The smallest absolute Gasteiger partial charge is 0.306 e. The summed E-state index contributed by atoms with van der Waals surface area (Å²) >= 11 is 0. The predicted octanol–water partition coefficient (Wildman–Crippen LogP) is 1.70. The monoisotopic (exact) mass is 677 g/mol. The van der Waals surface area contributed by atoms with Crippen LogP contribution in [0.1, 0.15) is 56.8 Å². The first kappa shape index (κ1) is 37.8. The van der Waals surface area contributed by atoms with Gasteiger partial charge in [-0.3, -0.25) is 24.0 Å². The van der Waals surface area contributed by atoms with E-state index in [0.717, 1.165) is 12.1 Å². The van der Waals surface area contributed by atoms with E-state index in [0.29, 0.717) is 11.8 Å². The van der Waals surface area contributed by atoms with E-state index in [9.17, 15) is 53.2 Å². The van der Waals surface area contributed by atoms with Gasteiger partial charge in [0, 0.05) is 12.1 Å². The number of aliphatic hydroxyl groups excluding tert-OH is 2. The van der Waals surface area contributed by atoms with Crippen LogP contribution in [0.3, 0.4) is 0 Å². The second-order valence-corrected chi connectivity index (χ2v) is 12.3. The van der Waals surface area contributed by atoms with Crippen molar-refractivity contribution < 1.29 is 57.9 Å². The SMILES string of the molecule is COc1ccc(C(O)C(=O)N[C@@H](Cc2cc(F)cc(F)c2)[C@H](O)CC(=O)N[C@H](C(=O)NC2CC(C(=O)O)CC(C(=O)O)C2)C(C)C)cc1. The number of aliphatic hydroxyl groups is 2. The molecule has 3 unspecified atom stereocenters. The maximum absolute atomic E-state index is 13.9. The summed E-state index contributed by atoms with van der Waals surface area (Å²) in [6, 6.07) is 5.27. The molecule has 0 saturated heterocycles. The van der Waals surface area contributed by atoms with E-state index in [1.807, 2.05) is 0 Å². The van der Waals surface area contributed by atoms with Gasteiger partial charge in [0.25, 0.3) is 5.91 Å². The molecule has 2 aromatic carbocycles. The molecule has 1 saturated carbocycles. The highest BCUT2D eigenvalue weighted by Crippen LogP contribution is 2.30. The van der Waals surface area contributed by atoms with Gasteiger partial charge in [0.05, 0.1) is 37.5 Å². The topological polar surface area (TPSA) is 212 Å². The number of halogens is 2. The van der Waals surface area contributed by atoms with Crippen LogP contribution >= 0.6 is 0 Å². The molecule has 3 amide bonds. The first-order valence-corrected chi connectivity index (χ1v) is 15.4. The molecule has 0 radical (unpaired) electrons. The van der Waals surface area contributed by atoms with Crippen LogP contribution in [-0.2, 0) is 30.4 Å². The molecule has 0 aromatic heterocycles. The van der Waals surface area contributed by atoms with Crippen molar-refractivity contribution in [3.05, 3.63) is 65.2 Å². The van der Waals surface area contributed by atoms with Gasteiger partial charge in [-0.05, 0) is 67.0 Å². The molecule has 15 heteroatoms. The number of nitrogens with one attached hydrogen (secondary N) is 3. The molecule has 0 heterocycles. The number of hydrogen-bond donors (Lipinski definition) is 7. The Balaban J connectivity index is 1.73. The lowest BCUT2D eigenvalue weighted by atomic mass is 9.78. The maximum Gasteiger partial charge on any atom is 0.306 e. The third kappa shape index (κ3) is 10.7. The summed E-state index contributed by atoms with van der Waals surface area (Å²) in [5.74, 6) is -8.63. The van der Waals surface area contributed by atoms with Gasteiger partial charge in [0.1, 0.15) is 23.4 Å². The molecule has 3 rings (SSSR count). The van der Waals surface area contributed by atoms with Crippen LogP contribution in [0.15, 0.2) is 42.5 Å². The summed E-state index contributed by atoms with van der Waals surface area (Å²) in [6.45, 7) is 3.26. The van der Waals surface area contributed by atoms with E-state index in [4.69, 9.17) is 4.74 Å². The van der Waals surface area contributed by atoms with Crippen LogP contribution < -0.4 is 20.7 Å². The second-order valence-electron chi connectivity index (χ2n) is 12.3. The highest BCUT2D eigenvalue weighted by Gasteiger charge is 2.38. The standard InChI is InChI=1S/C33H41F2N3O10/c1-16(2)28(30(42)36-23-12-19(32(44)45)11-20(13-23)33(46)47)38-27(40)15-26(39)25(10-17-8-21(34)14-22(35)9-17)37-31(43)29(41)18-4-6-24(48-3)7-5-18/h4-9,14,16,19-20,23,25-26,28-29,39,41H,10-13,15H2,1-3H3,(H,36,42)(H,37,43)(H,38,40)(H,44,45)(H,46,47)/t19?,20?,23?,25-,26+,28-,29?/m0/s1. The predicted molar refractivity (Wildman–Crippen MR) is 165 cm³/mol. The largest absolute Gasteiger partial charge is 0.497 e. The summed E-state index contributed by atoms with van der Waals surface area (Å²) < 4.78 is 33.0. The van der Waals surface area contributed by atoms with Crippen LogP contribution in [-0.4, -0.2) is 81.4 Å². The highest BCUT2D eigenvalue weighted by molar-refractivity contribution is 5.88. The van der Waals surface area contributed by atoms with Gasteiger partial charge in [0.2, 0.25) is 11.8 Å². The number of amides is 3. The van der Waals surface area contributed by atoms with Gasteiger partial charge in [0.15, 0.2) is 6.10 Å². The van der Waals surface area contributed by atoms with E-state index in [1.165, 1.54) is 31.4 Å². The van der Waals surface area contributed by atoms with Gasteiger partial charge in [-0.25, -0.2) is 8.78 Å². The third-order valence-corrected chi connectivity index (χ3v) is 8.26. The van der Waals surface area contributed by atoms with E-state index < -0.39 is 95.8 Å². The van der Waals surface area contributed by atoms with Crippen LogP contribution in [0.4, 0.5) is 8.78 Å². The van der Waals surface area contributed by atoms with Crippen molar-refractivity contribution in [2.75, 3.05) is 7.11 Å². The fourth-order valence-electron chi connectivity index (χ4n) is 5.70. The van der Waals surface area contributed by atoms with Crippen LogP contribution in [0.5, 0.6) is 5.75 Å². The molecule has 1 fully saturated rings. The van der Waals surface area contributed by atoms with Gasteiger partial charge >= 0.3 is 11.9 Å². The van der Waals surface area contributed by atoms with Gasteiger partial charge in [-0.15, -0.1) is 0 Å². The van der Waals surface area contributed by atoms with Crippen LogP contribution in [0.25, 0.3) is 0 Å². The summed E-state index contributed by atoms with van der Waals surface area (Å²) in [5.41, 5.74) is 0.228. The lowest BCUT2D eigenvalue weighted by Crippen LogP contribution is -2.55. The normalized spacial score (nSPS) is 20.1. The molecular formula is C33H41F2N3O10. The number of carbonyl (C=O) groups excluding carboxylic acids is 3. The molecule has 1 aliphatic carbocycles. The van der Waals surface area contributed by atoms with Crippen molar-refractivity contribution in [1.29, 1.82) is 0 Å². The Labute approximate surface area is 275 Å². The zero-order valence-corrected chi connectivity index (χ0v) is 26.7. The number of aliphatic carboxylic acids is 2. The number of rotatable bonds is 15. The van der Waals surface area contributed by atoms with Crippen LogP contribution in [0.2, 0.25) is 0 Å². The average Bonchev–Trinajstić information content (AvgIpc) is 3.01. The van der Waals surface area contributed by atoms with E-state index in [-0.39, 0.29) is 36.8 Å². The number of hydrogen-bond acceptors (Lipinski definition) is 8. The molecule has 0 bridgehead atoms. The Hall–Kier alpha value is -4.63. The minimum absolute atomic E-state index is 0.00670. The molecule has 1 aliphatic rings. The van der Waals surface area contributed by atoms with Gasteiger partial charge < -0.3 is 41.1 Å². The lowest BCUT2D eigenvalue weighted by molar-refractivity contribution is -0.149. The Morgan fingerprint density at radius 2 is 1.42 bits per heavy atom.